The first-order valence-corrected chi connectivity index (χ1v) is 9.97. The van der Waals surface area contributed by atoms with Gasteiger partial charge in [0.2, 0.25) is 5.95 Å². The van der Waals surface area contributed by atoms with Crippen molar-refractivity contribution in [1.29, 1.82) is 0 Å². The van der Waals surface area contributed by atoms with Crippen LogP contribution in [0.2, 0.25) is 0 Å². The topological polar surface area (TPSA) is 93.4 Å². The van der Waals surface area contributed by atoms with E-state index in [1.807, 2.05) is 20.0 Å². The number of tetrazole rings is 1. The van der Waals surface area contributed by atoms with Gasteiger partial charge in [-0.15, -0.1) is 5.10 Å². The molecule has 1 unspecified atom stereocenters. The van der Waals surface area contributed by atoms with Gasteiger partial charge in [0, 0.05) is 24.3 Å². The molecule has 1 fully saturated rings. The Morgan fingerprint density at radius 2 is 2.10 bits per heavy atom. The average Bonchev–Trinajstić information content (AvgIpc) is 3.45. The van der Waals surface area contributed by atoms with Crippen molar-refractivity contribution in [3.05, 3.63) is 35.8 Å². The normalized spacial score (nSPS) is 14.6. The third kappa shape index (κ3) is 4.49. The lowest BCUT2D eigenvalue weighted by molar-refractivity contribution is 0.607. The maximum atomic E-state index is 14.1. The second-order valence-corrected chi connectivity index (χ2v) is 7.59. The number of aromatic nitrogens is 6. The van der Waals surface area contributed by atoms with Crippen LogP contribution in [0.4, 0.5) is 21.8 Å². The van der Waals surface area contributed by atoms with Crippen LogP contribution in [0.5, 0.6) is 0 Å². The van der Waals surface area contributed by atoms with E-state index in [2.05, 4.69) is 55.2 Å². The van der Waals surface area contributed by atoms with Crippen molar-refractivity contribution in [2.75, 3.05) is 10.6 Å². The summed E-state index contributed by atoms with van der Waals surface area (Å²) in [7, 11) is 1.81. The van der Waals surface area contributed by atoms with Crippen LogP contribution in [0.3, 0.4) is 0 Å². The Hall–Kier alpha value is -3.10. The van der Waals surface area contributed by atoms with Crippen LogP contribution in [0.15, 0.2) is 24.4 Å². The number of halogens is 1. The Kier molecular flexibility index (Phi) is 5.37. The van der Waals surface area contributed by atoms with Gasteiger partial charge in [-0.2, -0.15) is 4.98 Å². The molecule has 4 rings (SSSR count). The van der Waals surface area contributed by atoms with Gasteiger partial charge >= 0.3 is 0 Å². The lowest BCUT2D eigenvalue weighted by Crippen LogP contribution is -2.17. The molecule has 2 N–H and O–H groups in total. The molecule has 1 aliphatic rings. The molecular weight excluding hydrogens is 371 g/mol. The number of benzene rings is 1. The van der Waals surface area contributed by atoms with E-state index in [0.29, 0.717) is 17.7 Å². The van der Waals surface area contributed by atoms with E-state index >= 15 is 0 Å². The van der Waals surface area contributed by atoms with Crippen LogP contribution in [0, 0.1) is 5.82 Å². The van der Waals surface area contributed by atoms with Crippen LogP contribution >= 0.6 is 0 Å². The summed E-state index contributed by atoms with van der Waals surface area (Å²) in [5.41, 5.74) is 2.97. The summed E-state index contributed by atoms with van der Waals surface area (Å²) in [4.78, 5) is 8.44. The van der Waals surface area contributed by atoms with Gasteiger partial charge < -0.3 is 10.6 Å². The van der Waals surface area contributed by atoms with Crippen LogP contribution in [0.25, 0.3) is 11.4 Å². The zero-order chi connectivity index (χ0) is 20.4. The molecule has 2 aromatic heterocycles. The summed E-state index contributed by atoms with van der Waals surface area (Å²) in [5.74, 6) is 1.33. The molecule has 0 amide bonds. The van der Waals surface area contributed by atoms with Crippen molar-refractivity contribution in [3.8, 4) is 11.4 Å². The van der Waals surface area contributed by atoms with Crippen LogP contribution in [-0.4, -0.2) is 36.2 Å². The minimum atomic E-state index is -0.462. The predicted molar refractivity (Wildman–Crippen MR) is 109 cm³/mol. The highest BCUT2D eigenvalue weighted by atomic mass is 19.1. The standard InChI is InChI=1S/C20H25FN8/c1-4-5-12(2)23-18-17(21)11-22-20(25-18)24-16-9-14(13-6-7-13)8-15(10-16)19-26-27-28-29(19)3/h8-13H,4-7H2,1-3H3,(H2,22,23,24,25). The maximum Gasteiger partial charge on any atom is 0.229 e. The van der Waals surface area contributed by atoms with E-state index < -0.39 is 5.82 Å². The summed E-state index contributed by atoms with van der Waals surface area (Å²) < 4.78 is 15.8. The lowest BCUT2D eigenvalue weighted by atomic mass is 10.0. The molecule has 1 aromatic carbocycles. The van der Waals surface area contributed by atoms with Gasteiger partial charge in [0.05, 0.1) is 6.20 Å². The van der Waals surface area contributed by atoms with Gasteiger partial charge in [0.25, 0.3) is 0 Å². The van der Waals surface area contributed by atoms with Crippen molar-refractivity contribution in [3.63, 3.8) is 0 Å². The molecule has 0 aliphatic heterocycles. The largest absolute Gasteiger partial charge is 0.365 e. The van der Waals surface area contributed by atoms with E-state index in [9.17, 15) is 4.39 Å². The number of hydrogen-bond donors (Lipinski definition) is 2. The van der Waals surface area contributed by atoms with Crippen molar-refractivity contribution in [2.45, 2.75) is 51.5 Å². The molecule has 0 radical (unpaired) electrons. The zero-order valence-electron chi connectivity index (χ0n) is 16.9. The molecule has 2 heterocycles. The van der Waals surface area contributed by atoms with Gasteiger partial charge in [0.15, 0.2) is 17.5 Å². The second kappa shape index (κ2) is 8.10. The fraction of sp³-hybridized carbons (Fsp3) is 0.450. The molecular formula is C20H25FN8. The van der Waals surface area contributed by atoms with Crippen LogP contribution in [0.1, 0.15) is 51.0 Å². The molecule has 1 saturated carbocycles. The number of nitrogens with one attached hydrogen (secondary N) is 2. The van der Waals surface area contributed by atoms with E-state index in [-0.39, 0.29) is 11.9 Å². The number of hydrogen-bond acceptors (Lipinski definition) is 7. The zero-order valence-corrected chi connectivity index (χ0v) is 16.9. The fourth-order valence-corrected chi connectivity index (χ4v) is 3.38. The Balaban J connectivity index is 1.62. The van der Waals surface area contributed by atoms with Crippen molar-refractivity contribution in [2.24, 2.45) is 7.05 Å². The highest BCUT2D eigenvalue weighted by molar-refractivity contribution is 5.67. The average molecular weight is 396 g/mol. The number of aryl methyl sites for hydroxylation is 1. The highest BCUT2D eigenvalue weighted by Gasteiger charge is 2.25. The third-order valence-electron chi connectivity index (χ3n) is 4.99. The van der Waals surface area contributed by atoms with E-state index in [0.717, 1.165) is 24.1 Å². The molecule has 29 heavy (non-hydrogen) atoms. The highest BCUT2D eigenvalue weighted by Crippen LogP contribution is 2.42. The molecule has 9 heteroatoms. The van der Waals surface area contributed by atoms with E-state index in [4.69, 9.17) is 0 Å². The smallest absolute Gasteiger partial charge is 0.229 e. The molecule has 1 aliphatic carbocycles. The molecule has 0 spiro atoms. The first kappa shape index (κ1) is 19.2. The van der Waals surface area contributed by atoms with Crippen molar-refractivity contribution in [1.82, 2.24) is 30.2 Å². The molecule has 1 atom stereocenters. The molecule has 0 bridgehead atoms. The van der Waals surface area contributed by atoms with E-state index in [1.54, 1.807) is 4.68 Å². The first-order chi connectivity index (χ1) is 14.0. The Morgan fingerprint density at radius 1 is 1.28 bits per heavy atom. The maximum absolute atomic E-state index is 14.1. The fourth-order valence-electron chi connectivity index (χ4n) is 3.38. The van der Waals surface area contributed by atoms with E-state index in [1.165, 1.54) is 24.6 Å². The Morgan fingerprint density at radius 3 is 2.79 bits per heavy atom. The minimum Gasteiger partial charge on any atom is -0.365 e. The quantitative estimate of drug-likeness (QED) is 0.594. The number of nitrogens with zero attached hydrogens (tertiary/aromatic N) is 6. The predicted octanol–water partition coefficient (Wildman–Crippen LogP) is 4.03. The number of anilines is 3. The summed E-state index contributed by atoms with van der Waals surface area (Å²) >= 11 is 0. The summed E-state index contributed by atoms with van der Waals surface area (Å²) in [6, 6.07) is 6.30. The van der Waals surface area contributed by atoms with Gasteiger partial charge in [0.1, 0.15) is 0 Å². The molecule has 0 saturated heterocycles. The Bertz CT molecular complexity index is 998. The summed E-state index contributed by atoms with van der Waals surface area (Å²) in [6.45, 7) is 4.11. The van der Waals surface area contributed by atoms with Crippen LogP contribution in [-0.2, 0) is 7.05 Å². The lowest BCUT2D eigenvalue weighted by Gasteiger charge is -2.15. The summed E-state index contributed by atoms with van der Waals surface area (Å²) in [6.07, 6.45) is 5.49. The van der Waals surface area contributed by atoms with Crippen LogP contribution < -0.4 is 10.6 Å². The number of rotatable bonds is 8. The molecule has 152 valence electrons. The van der Waals surface area contributed by atoms with Gasteiger partial charge in [-0.05, 0) is 66.3 Å². The van der Waals surface area contributed by atoms with Gasteiger partial charge in [-0.1, -0.05) is 13.3 Å². The monoisotopic (exact) mass is 396 g/mol. The third-order valence-corrected chi connectivity index (χ3v) is 4.99. The minimum absolute atomic E-state index is 0.130. The Labute approximate surface area is 169 Å². The molecule has 8 nitrogen and oxygen atoms in total. The van der Waals surface area contributed by atoms with Gasteiger partial charge in [-0.25, -0.2) is 14.1 Å². The van der Waals surface area contributed by atoms with Gasteiger partial charge in [-0.3, -0.25) is 0 Å². The van der Waals surface area contributed by atoms with Crippen molar-refractivity contribution < 1.29 is 4.39 Å². The first-order valence-electron chi connectivity index (χ1n) is 9.97. The van der Waals surface area contributed by atoms with Crippen molar-refractivity contribution >= 4 is 17.5 Å². The SMILES string of the molecule is CCCC(C)Nc1nc(Nc2cc(-c3nnnn3C)cc(C3CC3)c2)ncc1F. The summed E-state index contributed by atoms with van der Waals surface area (Å²) in [5, 5.41) is 18.1. The second-order valence-electron chi connectivity index (χ2n) is 7.59. The molecule has 3 aromatic rings.